The molecule has 0 aromatic heterocycles. The summed E-state index contributed by atoms with van der Waals surface area (Å²) in [7, 11) is 0. The average molecular weight is 219 g/mol. The molecule has 86 valence electrons. The molecule has 0 aliphatic carbocycles. The predicted molar refractivity (Wildman–Crippen MR) is 63.9 cm³/mol. The highest BCUT2D eigenvalue weighted by atomic mass is 16.5. The highest BCUT2D eigenvalue weighted by molar-refractivity contribution is 5.91. The van der Waals surface area contributed by atoms with E-state index in [-0.39, 0.29) is 5.97 Å². The van der Waals surface area contributed by atoms with Crippen molar-refractivity contribution in [2.45, 2.75) is 26.7 Å². The molecule has 0 radical (unpaired) electrons. The Morgan fingerprint density at radius 3 is 3.06 bits per heavy atom. The summed E-state index contributed by atoms with van der Waals surface area (Å²) in [6.07, 6.45) is 2.16. The minimum atomic E-state index is -0.223. The highest BCUT2D eigenvalue weighted by Gasteiger charge is 2.15. The van der Waals surface area contributed by atoms with Gasteiger partial charge in [-0.2, -0.15) is 0 Å². The third-order valence-corrected chi connectivity index (χ3v) is 2.85. The standard InChI is InChI=1S/C13H17NO2/c1-3-16-13(15)11-7-9(2)12-10(8-11)5-4-6-14-12/h7-8,14H,3-6H2,1-2H3. The molecule has 0 bridgehead atoms. The maximum atomic E-state index is 11.6. The van der Waals surface area contributed by atoms with Crippen LogP contribution in [0.1, 0.15) is 34.8 Å². The van der Waals surface area contributed by atoms with Crippen molar-refractivity contribution in [3.8, 4) is 0 Å². The number of ether oxygens (including phenoxy) is 1. The number of aryl methyl sites for hydroxylation is 2. The summed E-state index contributed by atoms with van der Waals surface area (Å²) < 4.78 is 5.01. The summed E-state index contributed by atoms with van der Waals surface area (Å²) in [5.41, 5.74) is 4.22. The van der Waals surface area contributed by atoms with Crippen LogP contribution in [-0.4, -0.2) is 19.1 Å². The number of anilines is 1. The van der Waals surface area contributed by atoms with E-state index in [9.17, 15) is 4.79 Å². The normalized spacial score (nSPS) is 13.9. The number of fused-ring (bicyclic) bond motifs is 1. The topological polar surface area (TPSA) is 38.3 Å². The molecule has 16 heavy (non-hydrogen) atoms. The van der Waals surface area contributed by atoms with Crippen LogP contribution in [0.3, 0.4) is 0 Å². The lowest BCUT2D eigenvalue weighted by atomic mass is 9.97. The van der Waals surface area contributed by atoms with E-state index in [2.05, 4.69) is 5.32 Å². The fourth-order valence-electron chi connectivity index (χ4n) is 2.13. The Labute approximate surface area is 95.8 Å². The Hall–Kier alpha value is -1.51. The van der Waals surface area contributed by atoms with Gasteiger partial charge in [0.25, 0.3) is 0 Å². The van der Waals surface area contributed by atoms with Gasteiger partial charge in [-0.1, -0.05) is 0 Å². The summed E-state index contributed by atoms with van der Waals surface area (Å²) in [5, 5.41) is 3.38. The SMILES string of the molecule is CCOC(=O)c1cc(C)c2c(c1)CCCN2. The third-order valence-electron chi connectivity index (χ3n) is 2.85. The van der Waals surface area contributed by atoms with Gasteiger partial charge < -0.3 is 10.1 Å². The molecule has 1 N–H and O–H groups in total. The zero-order valence-electron chi connectivity index (χ0n) is 9.80. The number of hydrogen-bond donors (Lipinski definition) is 1. The Balaban J connectivity index is 2.35. The predicted octanol–water partition coefficient (Wildman–Crippen LogP) is 2.53. The number of benzene rings is 1. The minimum Gasteiger partial charge on any atom is -0.462 e. The first kappa shape index (κ1) is 11.0. The van der Waals surface area contributed by atoms with E-state index >= 15 is 0 Å². The van der Waals surface area contributed by atoms with Crippen molar-refractivity contribution in [1.29, 1.82) is 0 Å². The maximum Gasteiger partial charge on any atom is 0.338 e. The molecule has 1 aromatic carbocycles. The zero-order chi connectivity index (χ0) is 11.5. The van der Waals surface area contributed by atoms with Gasteiger partial charge in [0.15, 0.2) is 0 Å². The lowest BCUT2D eigenvalue weighted by Gasteiger charge is -2.20. The van der Waals surface area contributed by atoms with Gasteiger partial charge in [0.2, 0.25) is 0 Å². The Bertz CT molecular complexity index is 413. The van der Waals surface area contributed by atoms with Crippen LogP contribution in [0.2, 0.25) is 0 Å². The summed E-state index contributed by atoms with van der Waals surface area (Å²) in [4.78, 5) is 11.6. The molecule has 1 aliphatic heterocycles. The number of rotatable bonds is 2. The summed E-state index contributed by atoms with van der Waals surface area (Å²) in [5.74, 6) is -0.223. The Morgan fingerprint density at radius 2 is 2.31 bits per heavy atom. The molecule has 3 nitrogen and oxygen atoms in total. The van der Waals surface area contributed by atoms with Crippen molar-refractivity contribution in [3.05, 3.63) is 28.8 Å². The molecule has 0 amide bonds. The van der Waals surface area contributed by atoms with Crippen LogP contribution in [0, 0.1) is 6.92 Å². The molecule has 1 aliphatic rings. The van der Waals surface area contributed by atoms with Crippen molar-refractivity contribution in [3.63, 3.8) is 0 Å². The van der Waals surface area contributed by atoms with Gasteiger partial charge in [-0.3, -0.25) is 0 Å². The van der Waals surface area contributed by atoms with Crippen LogP contribution in [0.15, 0.2) is 12.1 Å². The second kappa shape index (κ2) is 4.56. The van der Waals surface area contributed by atoms with Crippen molar-refractivity contribution >= 4 is 11.7 Å². The number of hydrogen-bond acceptors (Lipinski definition) is 3. The molecule has 1 aromatic rings. The fraction of sp³-hybridized carbons (Fsp3) is 0.462. The Kier molecular flexibility index (Phi) is 3.13. The molecule has 1 heterocycles. The first-order valence-corrected chi connectivity index (χ1v) is 5.77. The first-order valence-electron chi connectivity index (χ1n) is 5.77. The molecular weight excluding hydrogens is 202 g/mol. The second-order valence-corrected chi connectivity index (χ2v) is 4.08. The second-order valence-electron chi connectivity index (χ2n) is 4.08. The van der Waals surface area contributed by atoms with E-state index in [1.54, 1.807) is 0 Å². The largest absolute Gasteiger partial charge is 0.462 e. The van der Waals surface area contributed by atoms with Gasteiger partial charge in [-0.05, 0) is 49.9 Å². The van der Waals surface area contributed by atoms with E-state index in [4.69, 9.17) is 4.74 Å². The van der Waals surface area contributed by atoms with E-state index in [1.807, 2.05) is 26.0 Å². The van der Waals surface area contributed by atoms with Crippen LogP contribution in [0.25, 0.3) is 0 Å². The molecule has 0 unspecified atom stereocenters. The van der Waals surface area contributed by atoms with Crippen LogP contribution in [0.5, 0.6) is 0 Å². The quantitative estimate of drug-likeness (QED) is 0.777. The molecule has 2 rings (SSSR count). The average Bonchev–Trinajstić information content (AvgIpc) is 2.29. The molecular formula is C13H17NO2. The van der Waals surface area contributed by atoms with Crippen molar-refractivity contribution in [2.24, 2.45) is 0 Å². The van der Waals surface area contributed by atoms with E-state index in [0.717, 1.165) is 24.9 Å². The molecule has 0 spiro atoms. The number of carbonyl (C=O) groups excluding carboxylic acids is 1. The van der Waals surface area contributed by atoms with Crippen LogP contribution in [-0.2, 0) is 11.2 Å². The lowest BCUT2D eigenvalue weighted by molar-refractivity contribution is 0.0526. The maximum absolute atomic E-state index is 11.6. The van der Waals surface area contributed by atoms with E-state index < -0.39 is 0 Å². The minimum absolute atomic E-state index is 0.223. The van der Waals surface area contributed by atoms with E-state index in [1.165, 1.54) is 11.3 Å². The summed E-state index contributed by atoms with van der Waals surface area (Å²) in [6, 6.07) is 3.85. The van der Waals surface area contributed by atoms with Gasteiger partial charge >= 0.3 is 5.97 Å². The summed E-state index contributed by atoms with van der Waals surface area (Å²) in [6.45, 7) is 5.30. The molecule has 0 atom stereocenters. The highest BCUT2D eigenvalue weighted by Crippen LogP contribution is 2.27. The number of esters is 1. The first-order chi connectivity index (χ1) is 7.72. The third kappa shape index (κ3) is 2.03. The van der Waals surface area contributed by atoms with Crippen LogP contribution in [0.4, 0.5) is 5.69 Å². The monoisotopic (exact) mass is 219 g/mol. The van der Waals surface area contributed by atoms with Crippen LogP contribution >= 0.6 is 0 Å². The van der Waals surface area contributed by atoms with Gasteiger partial charge in [0.05, 0.1) is 12.2 Å². The fourth-order valence-corrected chi connectivity index (χ4v) is 2.13. The molecule has 0 saturated carbocycles. The van der Waals surface area contributed by atoms with Gasteiger partial charge in [0, 0.05) is 12.2 Å². The van der Waals surface area contributed by atoms with Crippen LogP contribution < -0.4 is 5.32 Å². The smallest absolute Gasteiger partial charge is 0.338 e. The van der Waals surface area contributed by atoms with Crippen molar-refractivity contribution < 1.29 is 9.53 Å². The summed E-state index contributed by atoms with van der Waals surface area (Å²) >= 11 is 0. The van der Waals surface area contributed by atoms with Gasteiger partial charge in [-0.25, -0.2) is 4.79 Å². The lowest BCUT2D eigenvalue weighted by Crippen LogP contribution is -2.15. The Morgan fingerprint density at radius 1 is 1.50 bits per heavy atom. The van der Waals surface area contributed by atoms with Gasteiger partial charge in [0.1, 0.15) is 0 Å². The van der Waals surface area contributed by atoms with Gasteiger partial charge in [-0.15, -0.1) is 0 Å². The molecule has 0 fully saturated rings. The van der Waals surface area contributed by atoms with Crippen molar-refractivity contribution in [2.75, 3.05) is 18.5 Å². The molecule has 3 heteroatoms. The number of nitrogens with one attached hydrogen (secondary N) is 1. The zero-order valence-corrected chi connectivity index (χ0v) is 9.80. The number of carbonyl (C=O) groups is 1. The van der Waals surface area contributed by atoms with Crippen molar-refractivity contribution in [1.82, 2.24) is 0 Å². The molecule has 0 saturated heterocycles. The van der Waals surface area contributed by atoms with E-state index in [0.29, 0.717) is 12.2 Å².